The second-order valence-electron chi connectivity index (χ2n) is 6.85. The number of aromatic nitrogens is 1. The standard InChI is InChI=1S/C21H27FN4O/c1-2-25-11-13-26(14-12-25)20-9-5-18(15-23-20)16-24-21(27)10-6-17-3-7-19(22)8-4-17/h3-5,7-9,15H,2,6,10-14,16H2,1H3,(H,24,27). The molecule has 0 atom stereocenters. The predicted molar refractivity (Wildman–Crippen MR) is 105 cm³/mol. The van der Waals surface area contributed by atoms with E-state index in [9.17, 15) is 9.18 Å². The first-order valence-corrected chi connectivity index (χ1v) is 9.57. The van der Waals surface area contributed by atoms with Crippen molar-refractivity contribution in [1.29, 1.82) is 0 Å². The van der Waals surface area contributed by atoms with E-state index in [2.05, 4.69) is 27.0 Å². The fourth-order valence-electron chi connectivity index (χ4n) is 3.20. The lowest BCUT2D eigenvalue weighted by molar-refractivity contribution is -0.121. The number of hydrogen-bond donors (Lipinski definition) is 1. The Morgan fingerprint density at radius 1 is 1.07 bits per heavy atom. The van der Waals surface area contributed by atoms with Gasteiger partial charge in [-0.25, -0.2) is 9.37 Å². The molecule has 3 rings (SSSR count). The van der Waals surface area contributed by atoms with Crippen LogP contribution in [0.1, 0.15) is 24.5 Å². The minimum absolute atomic E-state index is 0.0147. The van der Waals surface area contributed by atoms with Crippen molar-refractivity contribution in [3.05, 3.63) is 59.5 Å². The number of nitrogens with one attached hydrogen (secondary N) is 1. The average molecular weight is 370 g/mol. The zero-order valence-electron chi connectivity index (χ0n) is 15.8. The van der Waals surface area contributed by atoms with E-state index in [1.54, 1.807) is 12.1 Å². The van der Waals surface area contributed by atoms with Gasteiger partial charge < -0.3 is 15.1 Å². The molecular formula is C21H27FN4O. The van der Waals surface area contributed by atoms with Crippen LogP contribution in [0.4, 0.5) is 10.2 Å². The number of halogens is 1. The molecule has 1 N–H and O–H groups in total. The van der Waals surface area contributed by atoms with Crippen LogP contribution in [0.3, 0.4) is 0 Å². The summed E-state index contributed by atoms with van der Waals surface area (Å²) < 4.78 is 12.9. The topological polar surface area (TPSA) is 48.5 Å². The van der Waals surface area contributed by atoms with Gasteiger partial charge in [0.05, 0.1) is 0 Å². The molecule has 6 heteroatoms. The van der Waals surface area contributed by atoms with E-state index < -0.39 is 0 Å². The van der Waals surface area contributed by atoms with Gasteiger partial charge in [-0.05, 0) is 42.3 Å². The molecule has 2 aromatic rings. The molecule has 1 aliphatic rings. The van der Waals surface area contributed by atoms with Crippen LogP contribution in [0.25, 0.3) is 0 Å². The largest absolute Gasteiger partial charge is 0.354 e. The van der Waals surface area contributed by atoms with Crippen LogP contribution in [-0.2, 0) is 17.8 Å². The Labute approximate surface area is 160 Å². The number of likely N-dealkylation sites (N-methyl/N-ethyl adjacent to an activating group) is 1. The van der Waals surface area contributed by atoms with Crippen LogP contribution in [0.5, 0.6) is 0 Å². The molecule has 5 nitrogen and oxygen atoms in total. The summed E-state index contributed by atoms with van der Waals surface area (Å²) in [5.74, 6) is 0.725. The van der Waals surface area contributed by atoms with E-state index in [4.69, 9.17) is 0 Å². The van der Waals surface area contributed by atoms with Crippen LogP contribution in [0, 0.1) is 5.82 Å². The van der Waals surface area contributed by atoms with Gasteiger partial charge in [0, 0.05) is 45.3 Å². The SMILES string of the molecule is CCN1CCN(c2ccc(CNC(=O)CCc3ccc(F)cc3)cn2)CC1. The van der Waals surface area contributed by atoms with Gasteiger partial charge in [-0.2, -0.15) is 0 Å². The molecule has 1 aromatic heterocycles. The Bertz CT molecular complexity index is 725. The first-order valence-electron chi connectivity index (χ1n) is 9.57. The van der Waals surface area contributed by atoms with Gasteiger partial charge in [-0.15, -0.1) is 0 Å². The van der Waals surface area contributed by atoms with E-state index in [1.807, 2.05) is 18.3 Å². The summed E-state index contributed by atoms with van der Waals surface area (Å²) in [4.78, 5) is 21.3. The van der Waals surface area contributed by atoms with Crippen LogP contribution in [0.15, 0.2) is 42.6 Å². The number of nitrogens with zero attached hydrogens (tertiary/aromatic N) is 3. The van der Waals surface area contributed by atoms with Gasteiger partial charge >= 0.3 is 0 Å². The van der Waals surface area contributed by atoms with Crippen LogP contribution in [-0.4, -0.2) is 48.5 Å². The number of carbonyl (C=O) groups excluding carboxylic acids is 1. The molecule has 0 radical (unpaired) electrons. The van der Waals surface area contributed by atoms with Crippen molar-refractivity contribution >= 4 is 11.7 Å². The molecule has 0 saturated carbocycles. The zero-order valence-corrected chi connectivity index (χ0v) is 15.8. The Morgan fingerprint density at radius 3 is 2.41 bits per heavy atom. The molecule has 144 valence electrons. The Hall–Kier alpha value is -2.47. The van der Waals surface area contributed by atoms with Crippen LogP contribution >= 0.6 is 0 Å². The minimum Gasteiger partial charge on any atom is -0.354 e. The summed E-state index contributed by atoms with van der Waals surface area (Å²) in [6.45, 7) is 7.91. The summed E-state index contributed by atoms with van der Waals surface area (Å²) in [6.07, 6.45) is 2.83. The lowest BCUT2D eigenvalue weighted by Gasteiger charge is -2.34. The minimum atomic E-state index is -0.258. The molecule has 1 aliphatic heterocycles. The van der Waals surface area contributed by atoms with Gasteiger partial charge in [-0.1, -0.05) is 25.1 Å². The number of hydrogen-bond acceptors (Lipinski definition) is 4. The lowest BCUT2D eigenvalue weighted by atomic mass is 10.1. The van der Waals surface area contributed by atoms with Crippen molar-refractivity contribution in [3.63, 3.8) is 0 Å². The van der Waals surface area contributed by atoms with E-state index >= 15 is 0 Å². The third-order valence-corrected chi connectivity index (χ3v) is 5.00. The summed E-state index contributed by atoms with van der Waals surface area (Å²) in [5.41, 5.74) is 1.95. The quantitative estimate of drug-likeness (QED) is 0.814. The number of carbonyl (C=O) groups is 1. The fourth-order valence-corrected chi connectivity index (χ4v) is 3.20. The molecular weight excluding hydrogens is 343 g/mol. The molecule has 2 heterocycles. The number of anilines is 1. The molecule has 1 saturated heterocycles. The molecule has 0 spiro atoms. The monoisotopic (exact) mass is 370 g/mol. The number of aryl methyl sites for hydroxylation is 1. The Morgan fingerprint density at radius 2 is 1.78 bits per heavy atom. The van der Waals surface area contributed by atoms with E-state index in [0.717, 1.165) is 49.7 Å². The van der Waals surface area contributed by atoms with Crippen molar-refractivity contribution in [1.82, 2.24) is 15.2 Å². The molecule has 27 heavy (non-hydrogen) atoms. The molecule has 0 bridgehead atoms. The third kappa shape index (κ3) is 5.76. The highest BCUT2D eigenvalue weighted by Gasteiger charge is 2.16. The van der Waals surface area contributed by atoms with Crippen molar-refractivity contribution in [2.45, 2.75) is 26.3 Å². The normalized spacial score (nSPS) is 15.0. The van der Waals surface area contributed by atoms with Crippen molar-refractivity contribution < 1.29 is 9.18 Å². The van der Waals surface area contributed by atoms with Gasteiger partial charge in [0.25, 0.3) is 0 Å². The van der Waals surface area contributed by atoms with Gasteiger partial charge in [0.15, 0.2) is 0 Å². The van der Waals surface area contributed by atoms with Crippen LogP contribution < -0.4 is 10.2 Å². The van der Waals surface area contributed by atoms with E-state index in [0.29, 0.717) is 19.4 Å². The number of piperazine rings is 1. The molecule has 1 amide bonds. The predicted octanol–water partition coefficient (Wildman–Crippen LogP) is 2.61. The summed E-state index contributed by atoms with van der Waals surface area (Å²) in [6, 6.07) is 10.3. The second-order valence-corrected chi connectivity index (χ2v) is 6.85. The first-order chi connectivity index (χ1) is 13.1. The van der Waals surface area contributed by atoms with Crippen molar-refractivity contribution in [2.75, 3.05) is 37.6 Å². The second kappa shape index (κ2) is 9.46. The van der Waals surface area contributed by atoms with E-state index in [-0.39, 0.29) is 11.7 Å². The maximum atomic E-state index is 12.9. The molecule has 1 fully saturated rings. The number of rotatable bonds is 7. The van der Waals surface area contributed by atoms with E-state index in [1.165, 1.54) is 12.1 Å². The van der Waals surface area contributed by atoms with Gasteiger partial charge in [0.1, 0.15) is 11.6 Å². The highest BCUT2D eigenvalue weighted by Crippen LogP contribution is 2.14. The molecule has 1 aromatic carbocycles. The Balaban J connectivity index is 1.41. The van der Waals surface area contributed by atoms with Crippen LogP contribution in [0.2, 0.25) is 0 Å². The molecule has 0 unspecified atom stereocenters. The number of amides is 1. The summed E-state index contributed by atoms with van der Waals surface area (Å²) >= 11 is 0. The average Bonchev–Trinajstić information content (AvgIpc) is 2.72. The highest BCUT2D eigenvalue weighted by molar-refractivity contribution is 5.76. The highest BCUT2D eigenvalue weighted by atomic mass is 19.1. The maximum absolute atomic E-state index is 12.9. The third-order valence-electron chi connectivity index (χ3n) is 5.00. The van der Waals surface area contributed by atoms with Crippen molar-refractivity contribution in [2.24, 2.45) is 0 Å². The lowest BCUT2D eigenvalue weighted by Crippen LogP contribution is -2.46. The smallest absolute Gasteiger partial charge is 0.220 e. The Kier molecular flexibility index (Phi) is 6.76. The van der Waals surface area contributed by atoms with Gasteiger partial charge in [-0.3, -0.25) is 4.79 Å². The van der Waals surface area contributed by atoms with Gasteiger partial charge in [0.2, 0.25) is 5.91 Å². The fraction of sp³-hybridized carbons (Fsp3) is 0.429. The maximum Gasteiger partial charge on any atom is 0.220 e. The number of benzene rings is 1. The van der Waals surface area contributed by atoms with Crippen molar-refractivity contribution in [3.8, 4) is 0 Å². The number of pyridine rings is 1. The zero-order chi connectivity index (χ0) is 19.1. The summed E-state index contributed by atoms with van der Waals surface area (Å²) in [7, 11) is 0. The summed E-state index contributed by atoms with van der Waals surface area (Å²) in [5, 5.41) is 2.92. The first kappa shape index (κ1) is 19.3. The molecule has 0 aliphatic carbocycles.